The van der Waals surface area contributed by atoms with E-state index in [1.54, 1.807) is 7.11 Å². The zero-order valence-corrected chi connectivity index (χ0v) is 15.5. The van der Waals surface area contributed by atoms with Crippen molar-refractivity contribution in [2.75, 3.05) is 38.6 Å². The highest BCUT2D eigenvalue weighted by atomic mass is 35.5. The summed E-state index contributed by atoms with van der Waals surface area (Å²) in [4.78, 5) is 2.41. The van der Waals surface area contributed by atoms with Gasteiger partial charge < -0.3 is 19.7 Å². The average molecular weight is 351 g/mol. The Labute approximate surface area is 146 Å². The van der Waals surface area contributed by atoms with Crippen LogP contribution in [0.5, 0.6) is 11.5 Å². The predicted octanol–water partition coefficient (Wildman–Crippen LogP) is 3.62. The first kappa shape index (κ1) is 21.2. The summed E-state index contributed by atoms with van der Waals surface area (Å²) in [5.41, 5.74) is 2.42. The number of rotatable bonds is 7. The normalized spacial score (nSPS) is 15.4. The molecular weight excluding hydrogens is 323 g/mol. The Morgan fingerprint density at radius 1 is 1.27 bits per heavy atom. The number of methoxy groups -OCH3 is 1. The number of ether oxygens (including phenoxy) is 2. The van der Waals surface area contributed by atoms with E-state index in [1.807, 2.05) is 6.07 Å². The Hall–Kier alpha value is -0.840. The third-order valence-electron chi connectivity index (χ3n) is 3.88. The number of hydrogen-bond donors (Lipinski definition) is 1. The van der Waals surface area contributed by atoms with Gasteiger partial charge in [0.25, 0.3) is 0 Å². The molecule has 1 aliphatic rings. The van der Waals surface area contributed by atoms with Crippen LogP contribution >= 0.6 is 24.8 Å². The van der Waals surface area contributed by atoms with E-state index in [9.17, 15) is 0 Å². The summed E-state index contributed by atoms with van der Waals surface area (Å²) in [6.45, 7) is 10.7. The van der Waals surface area contributed by atoms with E-state index < -0.39 is 0 Å². The topological polar surface area (TPSA) is 33.7 Å². The fraction of sp³-hybridized carbons (Fsp3) is 0.625. The van der Waals surface area contributed by atoms with E-state index in [4.69, 9.17) is 9.47 Å². The molecule has 1 heterocycles. The summed E-state index contributed by atoms with van der Waals surface area (Å²) in [5.74, 6) is 1.81. The van der Waals surface area contributed by atoms with E-state index in [2.05, 4.69) is 37.1 Å². The average Bonchev–Trinajstić information content (AvgIpc) is 2.83. The van der Waals surface area contributed by atoms with Crippen molar-refractivity contribution in [1.82, 2.24) is 4.90 Å². The zero-order chi connectivity index (χ0) is 14.5. The third kappa shape index (κ3) is 5.11. The second-order valence-corrected chi connectivity index (χ2v) is 5.24. The largest absolute Gasteiger partial charge is 0.497 e. The lowest BCUT2D eigenvalue weighted by Gasteiger charge is -2.19. The molecule has 1 atom stereocenters. The minimum atomic E-state index is 0. The SMILES string of the molecule is CCN(CC)CCNc1cc(OC)cc2c1CC(C)O2.Cl.Cl. The summed E-state index contributed by atoms with van der Waals surface area (Å²) in [7, 11) is 1.69. The fourth-order valence-corrected chi connectivity index (χ4v) is 2.65. The Morgan fingerprint density at radius 2 is 1.95 bits per heavy atom. The van der Waals surface area contributed by atoms with E-state index in [-0.39, 0.29) is 30.9 Å². The van der Waals surface area contributed by atoms with Gasteiger partial charge in [0, 0.05) is 42.9 Å². The molecule has 0 aliphatic carbocycles. The van der Waals surface area contributed by atoms with Gasteiger partial charge in [-0.2, -0.15) is 0 Å². The number of anilines is 1. The van der Waals surface area contributed by atoms with Crippen LogP contribution in [0, 0.1) is 0 Å². The molecule has 0 saturated carbocycles. The summed E-state index contributed by atoms with van der Waals surface area (Å²) in [6.07, 6.45) is 1.22. The van der Waals surface area contributed by atoms with Gasteiger partial charge in [-0.05, 0) is 20.0 Å². The quantitative estimate of drug-likeness (QED) is 0.814. The first-order valence-corrected chi connectivity index (χ1v) is 7.51. The van der Waals surface area contributed by atoms with Crippen molar-refractivity contribution in [2.45, 2.75) is 33.3 Å². The number of hydrogen-bond acceptors (Lipinski definition) is 4. The van der Waals surface area contributed by atoms with Crippen LogP contribution in [0.1, 0.15) is 26.3 Å². The maximum atomic E-state index is 5.83. The maximum absolute atomic E-state index is 5.83. The summed E-state index contributed by atoms with van der Waals surface area (Å²) >= 11 is 0. The van der Waals surface area contributed by atoms with E-state index in [1.165, 1.54) is 5.56 Å². The molecule has 2 rings (SSSR count). The molecule has 0 fully saturated rings. The zero-order valence-electron chi connectivity index (χ0n) is 13.8. The highest BCUT2D eigenvalue weighted by Gasteiger charge is 2.23. The lowest BCUT2D eigenvalue weighted by atomic mass is 10.1. The van der Waals surface area contributed by atoms with Gasteiger partial charge in [0.2, 0.25) is 0 Å². The van der Waals surface area contributed by atoms with Crippen LogP contribution < -0.4 is 14.8 Å². The van der Waals surface area contributed by atoms with E-state index in [0.29, 0.717) is 0 Å². The smallest absolute Gasteiger partial charge is 0.128 e. The third-order valence-corrected chi connectivity index (χ3v) is 3.88. The lowest BCUT2D eigenvalue weighted by Crippen LogP contribution is -2.28. The van der Waals surface area contributed by atoms with Crippen molar-refractivity contribution in [3.63, 3.8) is 0 Å². The summed E-state index contributed by atoms with van der Waals surface area (Å²) in [6, 6.07) is 4.05. The maximum Gasteiger partial charge on any atom is 0.128 e. The van der Waals surface area contributed by atoms with Gasteiger partial charge in [0.15, 0.2) is 0 Å². The molecular formula is C16H28Cl2N2O2. The van der Waals surface area contributed by atoms with Gasteiger partial charge in [-0.25, -0.2) is 0 Å². The standard InChI is InChI=1S/C16H26N2O2.2ClH/c1-5-18(6-2)8-7-17-15-10-13(19-4)11-16-14(15)9-12(3)20-16;;/h10-12,17H,5-9H2,1-4H3;2*1H. The van der Waals surface area contributed by atoms with Gasteiger partial charge in [-0.15, -0.1) is 24.8 Å². The summed E-state index contributed by atoms with van der Waals surface area (Å²) < 4.78 is 11.2. The number of halogens is 2. The summed E-state index contributed by atoms with van der Waals surface area (Å²) in [5, 5.41) is 3.54. The molecule has 6 heteroatoms. The Kier molecular flexibility index (Phi) is 9.65. The lowest BCUT2D eigenvalue weighted by molar-refractivity contribution is 0.253. The van der Waals surface area contributed by atoms with Crippen LogP contribution in [0.2, 0.25) is 0 Å². The molecule has 0 bridgehead atoms. The fourth-order valence-electron chi connectivity index (χ4n) is 2.65. The molecule has 0 saturated heterocycles. The first-order chi connectivity index (χ1) is 9.67. The molecule has 22 heavy (non-hydrogen) atoms. The van der Waals surface area contributed by atoms with Crippen LogP contribution in [-0.2, 0) is 6.42 Å². The second kappa shape index (κ2) is 10.0. The molecule has 1 unspecified atom stereocenters. The molecule has 1 N–H and O–H groups in total. The number of fused-ring (bicyclic) bond motifs is 1. The van der Waals surface area contributed by atoms with Gasteiger partial charge in [0.05, 0.1) is 7.11 Å². The van der Waals surface area contributed by atoms with Crippen LogP contribution in [0.4, 0.5) is 5.69 Å². The van der Waals surface area contributed by atoms with Gasteiger partial charge >= 0.3 is 0 Å². The van der Waals surface area contributed by atoms with Crippen molar-refractivity contribution in [1.29, 1.82) is 0 Å². The minimum absolute atomic E-state index is 0. The second-order valence-electron chi connectivity index (χ2n) is 5.24. The van der Waals surface area contributed by atoms with E-state index in [0.717, 1.165) is 49.8 Å². The number of benzene rings is 1. The van der Waals surface area contributed by atoms with Crippen molar-refractivity contribution in [2.24, 2.45) is 0 Å². The van der Waals surface area contributed by atoms with Crippen molar-refractivity contribution >= 4 is 30.5 Å². The van der Waals surface area contributed by atoms with Gasteiger partial charge in [0.1, 0.15) is 17.6 Å². The molecule has 1 aromatic carbocycles. The molecule has 0 radical (unpaired) electrons. The Balaban J connectivity index is 0.00000220. The predicted molar refractivity (Wildman–Crippen MR) is 97.6 cm³/mol. The molecule has 0 aromatic heterocycles. The molecule has 128 valence electrons. The van der Waals surface area contributed by atoms with E-state index >= 15 is 0 Å². The Morgan fingerprint density at radius 3 is 2.55 bits per heavy atom. The number of nitrogens with one attached hydrogen (secondary N) is 1. The highest BCUT2D eigenvalue weighted by Crippen LogP contribution is 2.38. The monoisotopic (exact) mass is 350 g/mol. The van der Waals surface area contributed by atoms with Crippen LogP contribution in [0.25, 0.3) is 0 Å². The number of likely N-dealkylation sites (N-methyl/N-ethyl adjacent to an activating group) is 1. The number of nitrogens with zero attached hydrogens (tertiary/aromatic N) is 1. The molecule has 1 aliphatic heterocycles. The van der Waals surface area contributed by atoms with Crippen molar-refractivity contribution in [3.05, 3.63) is 17.7 Å². The van der Waals surface area contributed by atoms with Gasteiger partial charge in [-0.1, -0.05) is 13.8 Å². The molecule has 1 aromatic rings. The highest BCUT2D eigenvalue weighted by molar-refractivity contribution is 5.85. The van der Waals surface area contributed by atoms with Crippen molar-refractivity contribution < 1.29 is 9.47 Å². The van der Waals surface area contributed by atoms with Crippen LogP contribution in [-0.4, -0.2) is 44.3 Å². The molecule has 0 spiro atoms. The Bertz CT molecular complexity index is 454. The van der Waals surface area contributed by atoms with Crippen molar-refractivity contribution in [3.8, 4) is 11.5 Å². The molecule has 4 nitrogen and oxygen atoms in total. The minimum Gasteiger partial charge on any atom is -0.497 e. The molecule has 0 amide bonds. The first-order valence-electron chi connectivity index (χ1n) is 7.51. The van der Waals surface area contributed by atoms with Crippen LogP contribution in [0.3, 0.4) is 0 Å². The van der Waals surface area contributed by atoms with Gasteiger partial charge in [-0.3, -0.25) is 0 Å². The van der Waals surface area contributed by atoms with Crippen LogP contribution in [0.15, 0.2) is 12.1 Å².